The molecule has 1 aliphatic heterocycles. The van der Waals surface area contributed by atoms with Gasteiger partial charge in [-0.2, -0.15) is 5.10 Å². The van der Waals surface area contributed by atoms with Crippen molar-refractivity contribution < 1.29 is 4.39 Å². The number of benzene rings is 1. The van der Waals surface area contributed by atoms with Crippen LogP contribution in [0.15, 0.2) is 48.8 Å². The molecule has 0 radical (unpaired) electrons. The number of H-pyrrole nitrogens is 1. The number of anilines is 1. The number of rotatable bonds is 4. The normalized spacial score (nSPS) is 17.5. The molecule has 0 spiro atoms. The number of pyridine rings is 1. The number of hydrogen-bond donors (Lipinski definition) is 2. The first-order valence-corrected chi connectivity index (χ1v) is 8.99. The highest BCUT2D eigenvalue weighted by molar-refractivity contribution is 5.89. The first-order chi connectivity index (χ1) is 12.8. The molecule has 1 saturated heterocycles. The van der Waals surface area contributed by atoms with E-state index in [2.05, 4.69) is 32.3 Å². The van der Waals surface area contributed by atoms with Crippen LogP contribution in [0.3, 0.4) is 0 Å². The van der Waals surface area contributed by atoms with E-state index < -0.39 is 0 Å². The Hall–Kier alpha value is -2.73. The molecular weight excluding hydrogens is 329 g/mol. The fourth-order valence-electron chi connectivity index (χ4n) is 3.47. The molecule has 0 bridgehead atoms. The summed E-state index contributed by atoms with van der Waals surface area (Å²) in [5.74, 6) is 0.697. The van der Waals surface area contributed by atoms with Gasteiger partial charge < -0.3 is 10.2 Å². The van der Waals surface area contributed by atoms with E-state index in [1.807, 2.05) is 12.1 Å². The maximum Gasteiger partial charge on any atom is 0.159 e. The molecule has 134 valence electrons. The molecule has 0 aliphatic carbocycles. The third kappa shape index (κ3) is 3.20. The first-order valence-electron chi connectivity index (χ1n) is 8.99. The minimum absolute atomic E-state index is 0.244. The van der Waals surface area contributed by atoms with Gasteiger partial charge in [-0.25, -0.2) is 4.39 Å². The Balaban J connectivity index is 1.81. The van der Waals surface area contributed by atoms with E-state index in [1.54, 1.807) is 24.5 Å². The van der Waals surface area contributed by atoms with Crippen LogP contribution >= 0.6 is 0 Å². The van der Waals surface area contributed by atoms with Crippen LogP contribution in [0.25, 0.3) is 22.4 Å². The quantitative estimate of drug-likeness (QED) is 0.756. The third-order valence-electron chi connectivity index (χ3n) is 4.90. The van der Waals surface area contributed by atoms with Crippen molar-refractivity contribution in [2.45, 2.75) is 19.4 Å². The van der Waals surface area contributed by atoms with Crippen molar-refractivity contribution in [2.24, 2.45) is 0 Å². The molecule has 2 aromatic heterocycles. The molecule has 0 saturated carbocycles. The van der Waals surface area contributed by atoms with Crippen molar-refractivity contribution in [2.75, 3.05) is 24.5 Å². The topological polar surface area (TPSA) is 56.8 Å². The lowest BCUT2D eigenvalue weighted by Crippen LogP contribution is -2.50. The molecule has 3 aromatic rings. The molecule has 0 amide bonds. The molecule has 3 heterocycles. The van der Waals surface area contributed by atoms with Crippen LogP contribution in [0.2, 0.25) is 0 Å². The number of nitrogens with one attached hydrogen (secondary N) is 2. The Morgan fingerprint density at radius 2 is 1.88 bits per heavy atom. The summed E-state index contributed by atoms with van der Waals surface area (Å²) >= 11 is 0. The van der Waals surface area contributed by atoms with Crippen molar-refractivity contribution >= 4 is 5.82 Å². The molecule has 1 aromatic carbocycles. The summed E-state index contributed by atoms with van der Waals surface area (Å²) in [7, 11) is 0. The molecule has 5 nitrogen and oxygen atoms in total. The van der Waals surface area contributed by atoms with Gasteiger partial charge in [0.25, 0.3) is 0 Å². The number of hydrogen-bond acceptors (Lipinski definition) is 4. The lowest BCUT2D eigenvalue weighted by atomic mass is 10.0. The van der Waals surface area contributed by atoms with E-state index in [1.165, 1.54) is 12.1 Å². The summed E-state index contributed by atoms with van der Waals surface area (Å²) in [6, 6.07) is 10.9. The summed E-state index contributed by atoms with van der Waals surface area (Å²) in [6.07, 6.45) is 4.65. The Morgan fingerprint density at radius 1 is 1.12 bits per heavy atom. The molecule has 2 N–H and O–H groups in total. The van der Waals surface area contributed by atoms with Gasteiger partial charge in [0.1, 0.15) is 5.82 Å². The van der Waals surface area contributed by atoms with Gasteiger partial charge in [-0.05, 0) is 48.4 Å². The zero-order valence-corrected chi connectivity index (χ0v) is 14.7. The summed E-state index contributed by atoms with van der Waals surface area (Å²) in [4.78, 5) is 6.46. The standard InChI is InChI=1S/C20H22FN5/c1-2-17-13-26(12-11-23-17)20-18(14-7-9-22-10-8-14)19(24-25-20)15-3-5-16(21)6-4-15/h3-10,17,23H,2,11-13H2,1H3,(H,24,25). The molecule has 1 aliphatic rings. The summed E-state index contributed by atoms with van der Waals surface area (Å²) < 4.78 is 13.4. The lowest BCUT2D eigenvalue weighted by Gasteiger charge is -2.34. The zero-order chi connectivity index (χ0) is 17.9. The van der Waals surface area contributed by atoms with Crippen LogP contribution in [0.1, 0.15) is 13.3 Å². The second-order valence-corrected chi connectivity index (χ2v) is 6.55. The molecule has 4 rings (SSSR count). The predicted molar refractivity (Wildman–Crippen MR) is 102 cm³/mol. The van der Waals surface area contributed by atoms with Crippen molar-refractivity contribution in [3.05, 3.63) is 54.6 Å². The minimum atomic E-state index is -0.244. The Labute approximate surface area is 152 Å². The van der Waals surface area contributed by atoms with Gasteiger partial charge in [-0.15, -0.1) is 0 Å². The van der Waals surface area contributed by atoms with Crippen LogP contribution in [0, 0.1) is 5.82 Å². The van der Waals surface area contributed by atoms with Gasteiger partial charge in [0.15, 0.2) is 5.82 Å². The second kappa shape index (κ2) is 7.25. The SMILES string of the molecule is CCC1CN(c2n[nH]c(-c3ccc(F)cc3)c2-c2ccncc2)CCN1. The van der Waals surface area contributed by atoms with Crippen molar-refractivity contribution in [1.82, 2.24) is 20.5 Å². The number of piperazine rings is 1. The smallest absolute Gasteiger partial charge is 0.159 e. The summed E-state index contributed by atoms with van der Waals surface area (Å²) in [5, 5.41) is 11.4. The highest BCUT2D eigenvalue weighted by Gasteiger charge is 2.25. The summed E-state index contributed by atoms with van der Waals surface area (Å²) in [6.45, 7) is 4.96. The monoisotopic (exact) mass is 351 g/mol. The van der Waals surface area contributed by atoms with Crippen LogP contribution in [-0.4, -0.2) is 40.9 Å². The van der Waals surface area contributed by atoms with E-state index >= 15 is 0 Å². The molecule has 1 atom stereocenters. The Bertz CT molecular complexity index is 860. The number of aromatic nitrogens is 3. The molecular formula is C20H22FN5. The van der Waals surface area contributed by atoms with Gasteiger partial charge in [-0.3, -0.25) is 10.1 Å². The highest BCUT2D eigenvalue weighted by atomic mass is 19.1. The second-order valence-electron chi connectivity index (χ2n) is 6.55. The average Bonchev–Trinajstić information content (AvgIpc) is 3.14. The molecule has 1 unspecified atom stereocenters. The average molecular weight is 351 g/mol. The predicted octanol–water partition coefficient (Wildman–Crippen LogP) is 3.47. The fraction of sp³-hybridized carbons (Fsp3) is 0.300. The largest absolute Gasteiger partial charge is 0.352 e. The van der Waals surface area contributed by atoms with Crippen molar-refractivity contribution in [3.63, 3.8) is 0 Å². The molecule has 1 fully saturated rings. The molecule has 26 heavy (non-hydrogen) atoms. The number of halogens is 1. The number of aromatic amines is 1. The van der Waals surface area contributed by atoms with E-state index in [0.29, 0.717) is 6.04 Å². The van der Waals surface area contributed by atoms with E-state index in [4.69, 9.17) is 0 Å². The van der Waals surface area contributed by atoms with Gasteiger partial charge in [0, 0.05) is 43.6 Å². The van der Waals surface area contributed by atoms with E-state index in [0.717, 1.165) is 54.3 Å². The van der Waals surface area contributed by atoms with Gasteiger partial charge in [-0.1, -0.05) is 6.92 Å². The number of nitrogens with zero attached hydrogens (tertiary/aromatic N) is 3. The van der Waals surface area contributed by atoms with Crippen LogP contribution < -0.4 is 10.2 Å². The fourth-order valence-corrected chi connectivity index (χ4v) is 3.47. The van der Waals surface area contributed by atoms with E-state index in [9.17, 15) is 4.39 Å². The first kappa shape index (κ1) is 16.7. The van der Waals surface area contributed by atoms with Gasteiger partial charge >= 0.3 is 0 Å². The Kier molecular flexibility index (Phi) is 4.67. The molecule has 6 heteroatoms. The Morgan fingerprint density at radius 3 is 2.62 bits per heavy atom. The summed E-state index contributed by atoms with van der Waals surface area (Å²) in [5.41, 5.74) is 3.90. The van der Waals surface area contributed by atoms with Crippen molar-refractivity contribution in [1.29, 1.82) is 0 Å². The van der Waals surface area contributed by atoms with Crippen LogP contribution in [0.4, 0.5) is 10.2 Å². The van der Waals surface area contributed by atoms with Crippen LogP contribution in [0.5, 0.6) is 0 Å². The van der Waals surface area contributed by atoms with E-state index in [-0.39, 0.29) is 5.82 Å². The van der Waals surface area contributed by atoms with Gasteiger partial charge in [0.05, 0.1) is 11.3 Å². The zero-order valence-electron chi connectivity index (χ0n) is 14.7. The third-order valence-corrected chi connectivity index (χ3v) is 4.90. The highest BCUT2D eigenvalue weighted by Crippen LogP contribution is 2.38. The lowest BCUT2D eigenvalue weighted by molar-refractivity contribution is 0.445. The van der Waals surface area contributed by atoms with Gasteiger partial charge in [0.2, 0.25) is 0 Å². The minimum Gasteiger partial charge on any atom is -0.352 e. The maximum absolute atomic E-state index is 13.4. The maximum atomic E-state index is 13.4. The van der Waals surface area contributed by atoms with Crippen molar-refractivity contribution in [3.8, 4) is 22.4 Å². The van der Waals surface area contributed by atoms with Crippen LogP contribution in [-0.2, 0) is 0 Å².